The Labute approximate surface area is 381 Å². The molecule has 0 bridgehead atoms. The average Bonchev–Trinajstić information content (AvgIpc) is 3.27. The summed E-state index contributed by atoms with van der Waals surface area (Å²) in [5.41, 5.74) is -0.106. The molecular weight excluding hydrogens is 779 g/mol. The van der Waals surface area contributed by atoms with Crippen molar-refractivity contribution >= 4 is 17.9 Å². The monoisotopic (exact) mass is 876 g/mol. The minimum Gasteiger partial charge on any atom is -0.465 e. The number of carbonyl (C=O) groups is 3. The standard InChI is InChI=1S/C53H97NO8/c1-6-10-13-16-19-20-21-22-23-24-25-26-27-28-31-35-50(56)60-44-48(45-61-52(57)62-47-53(5)40-34-41-54(9-4)46-53)36-37-49(55)38-39-51(58-42-32-29-17-14-11-7-2)59-43-33-30-18-15-12-8-3/h19-20,22-23,48,51H,6-18,21,24-47H2,1-5H3/b20-19-,23-22-. The third-order valence-electron chi connectivity index (χ3n) is 12.2. The molecule has 1 aliphatic heterocycles. The number of unbranched alkanes of at least 4 members (excludes halogenated alkanes) is 18. The maximum absolute atomic E-state index is 13.3. The molecule has 0 saturated carbocycles. The Balaban J connectivity index is 2.59. The number of nitrogens with zero attached hydrogens (tertiary/aromatic N) is 1. The Hall–Kier alpha value is -2.23. The molecule has 0 aromatic carbocycles. The van der Waals surface area contributed by atoms with E-state index in [2.05, 4.69) is 63.8 Å². The van der Waals surface area contributed by atoms with Gasteiger partial charge < -0.3 is 28.6 Å². The van der Waals surface area contributed by atoms with E-state index in [0.717, 1.165) is 96.7 Å². The van der Waals surface area contributed by atoms with Gasteiger partial charge in [-0.2, -0.15) is 0 Å². The lowest BCUT2D eigenvalue weighted by atomic mass is 9.83. The minimum absolute atomic E-state index is 0.0340. The van der Waals surface area contributed by atoms with Crippen molar-refractivity contribution in [3.63, 3.8) is 0 Å². The van der Waals surface area contributed by atoms with Gasteiger partial charge in [0, 0.05) is 56.8 Å². The van der Waals surface area contributed by atoms with Gasteiger partial charge in [-0.25, -0.2) is 4.79 Å². The summed E-state index contributed by atoms with van der Waals surface area (Å²) in [5.74, 6) is -0.436. The lowest BCUT2D eigenvalue weighted by Gasteiger charge is -2.39. The van der Waals surface area contributed by atoms with E-state index in [0.29, 0.717) is 51.9 Å². The van der Waals surface area contributed by atoms with E-state index in [4.69, 9.17) is 23.7 Å². The normalized spacial score (nSPS) is 16.4. The summed E-state index contributed by atoms with van der Waals surface area (Å²) in [4.78, 5) is 41.2. The van der Waals surface area contributed by atoms with E-state index in [9.17, 15) is 14.4 Å². The third-order valence-corrected chi connectivity index (χ3v) is 12.2. The zero-order valence-electron chi connectivity index (χ0n) is 41.0. The van der Waals surface area contributed by atoms with Crippen molar-refractivity contribution in [3.8, 4) is 0 Å². The Morgan fingerprint density at radius 2 is 1.13 bits per heavy atom. The largest absolute Gasteiger partial charge is 0.508 e. The second-order valence-electron chi connectivity index (χ2n) is 18.5. The number of likely N-dealkylation sites (tertiary alicyclic amines) is 1. The molecule has 362 valence electrons. The van der Waals surface area contributed by atoms with Crippen LogP contribution in [0.5, 0.6) is 0 Å². The number of rotatable bonds is 43. The molecule has 1 aliphatic rings. The third kappa shape index (κ3) is 35.2. The van der Waals surface area contributed by atoms with Gasteiger partial charge in [-0.15, -0.1) is 0 Å². The van der Waals surface area contributed by atoms with Crippen LogP contribution >= 0.6 is 0 Å². The molecule has 0 spiro atoms. The summed E-state index contributed by atoms with van der Waals surface area (Å²) in [6, 6.07) is 0. The Morgan fingerprint density at radius 3 is 1.76 bits per heavy atom. The van der Waals surface area contributed by atoms with Gasteiger partial charge >= 0.3 is 12.1 Å². The SMILES string of the molecule is CCCCC/C=C\C/C=C\CCCCCCCC(=O)OCC(CCC(=O)CCC(OCCCCCCCC)OCCCCCCCC)COC(=O)OCC1(C)CCCN(CC)C1. The number of esters is 1. The molecule has 1 fully saturated rings. The summed E-state index contributed by atoms with van der Waals surface area (Å²) in [6.07, 6.45) is 38.8. The van der Waals surface area contributed by atoms with Crippen LogP contribution in [0.3, 0.4) is 0 Å². The lowest BCUT2D eigenvalue weighted by molar-refractivity contribution is -0.151. The molecule has 0 aromatic rings. The highest BCUT2D eigenvalue weighted by Gasteiger charge is 2.32. The van der Waals surface area contributed by atoms with Crippen molar-refractivity contribution in [1.82, 2.24) is 4.90 Å². The molecule has 9 heteroatoms. The summed E-state index contributed by atoms with van der Waals surface area (Å²) in [7, 11) is 0. The molecule has 0 aliphatic carbocycles. The number of hydrogen-bond donors (Lipinski definition) is 0. The quantitative estimate of drug-likeness (QED) is 0.0256. The number of ether oxygens (including phenoxy) is 5. The Kier molecular flexibility index (Phi) is 38.7. The summed E-state index contributed by atoms with van der Waals surface area (Å²) in [5, 5.41) is 0. The van der Waals surface area contributed by atoms with Crippen LogP contribution in [0.15, 0.2) is 24.3 Å². The number of carbonyl (C=O) groups excluding carboxylic acids is 3. The van der Waals surface area contributed by atoms with E-state index in [1.807, 2.05) is 0 Å². The lowest BCUT2D eigenvalue weighted by Crippen LogP contribution is -2.44. The van der Waals surface area contributed by atoms with Crippen molar-refractivity contribution in [2.75, 3.05) is 52.7 Å². The van der Waals surface area contributed by atoms with Crippen molar-refractivity contribution in [2.24, 2.45) is 11.3 Å². The van der Waals surface area contributed by atoms with Crippen LogP contribution in [0.1, 0.15) is 227 Å². The van der Waals surface area contributed by atoms with Crippen LogP contribution in [-0.2, 0) is 33.3 Å². The minimum atomic E-state index is -0.708. The highest BCUT2D eigenvalue weighted by molar-refractivity contribution is 5.78. The van der Waals surface area contributed by atoms with Crippen molar-refractivity contribution in [2.45, 2.75) is 234 Å². The van der Waals surface area contributed by atoms with Crippen LogP contribution in [0, 0.1) is 11.3 Å². The second-order valence-corrected chi connectivity index (χ2v) is 18.5. The Bertz CT molecular complexity index is 1110. The molecule has 0 radical (unpaired) electrons. The maximum Gasteiger partial charge on any atom is 0.508 e. The molecule has 1 saturated heterocycles. The van der Waals surface area contributed by atoms with Gasteiger partial charge in [0.15, 0.2) is 6.29 Å². The number of ketones is 1. The molecule has 0 amide bonds. The smallest absolute Gasteiger partial charge is 0.465 e. The summed E-state index contributed by atoms with van der Waals surface area (Å²) >= 11 is 0. The van der Waals surface area contributed by atoms with Gasteiger partial charge in [0.1, 0.15) is 19.0 Å². The number of hydrogen-bond acceptors (Lipinski definition) is 9. The van der Waals surface area contributed by atoms with E-state index in [1.54, 1.807) is 0 Å². The molecule has 62 heavy (non-hydrogen) atoms. The molecule has 2 unspecified atom stereocenters. The predicted octanol–water partition coefficient (Wildman–Crippen LogP) is 14.4. The molecule has 1 heterocycles. The fraction of sp³-hybridized carbons (Fsp3) is 0.868. The fourth-order valence-electron chi connectivity index (χ4n) is 8.03. The molecule has 0 N–H and O–H groups in total. The predicted molar refractivity (Wildman–Crippen MR) is 256 cm³/mol. The first-order chi connectivity index (χ1) is 30.2. The van der Waals surface area contributed by atoms with Gasteiger partial charge in [-0.1, -0.05) is 155 Å². The van der Waals surface area contributed by atoms with Crippen LogP contribution in [0.2, 0.25) is 0 Å². The van der Waals surface area contributed by atoms with Gasteiger partial charge in [-0.3, -0.25) is 9.59 Å². The molecule has 2 atom stereocenters. The van der Waals surface area contributed by atoms with E-state index < -0.39 is 6.16 Å². The van der Waals surface area contributed by atoms with Gasteiger partial charge in [-0.05, 0) is 83.7 Å². The zero-order chi connectivity index (χ0) is 45.2. The van der Waals surface area contributed by atoms with Crippen LogP contribution in [-0.4, -0.2) is 81.8 Å². The first-order valence-corrected chi connectivity index (χ1v) is 26.0. The van der Waals surface area contributed by atoms with Gasteiger partial charge in [0.05, 0.1) is 6.61 Å². The number of allylic oxidation sites excluding steroid dienone is 4. The molecular formula is C53H97NO8. The van der Waals surface area contributed by atoms with E-state index in [1.165, 1.54) is 83.5 Å². The van der Waals surface area contributed by atoms with Crippen LogP contribution in [0.4, 0.5) is 4.79 Å². The number of piperidine rings is 1. The van der Waals surface area contributed by atoms with Crippen molar-refractivity contribution in [1.29, 1.82) is 0 Å². The fourth-order valence-corrected chi connectivity index (χ4v) is 8.03. The summed E-state index contributed by atoms with van der Waals surface area (Å²) < 4.78 is 29.3. The zero-order valence-corrected chi connectivity index (χ0v) is 41.0. The second kappa shape index (κ2) is 41.5. The molecule has 1 rings (SSSR count). The van der Waals surface area contributed by atoms with E-state index >= 15 is 0 Å². The molecule has 9 nitrogen and oxygen atoms in total. The number of Topliss-reactive ketones (excluding diaryl/α,β-unsaturated/α-hetero) is 1. The van der Waals surface area contributed by atoms with Gasteiger partial charge in [0.25, 0.3) is 0 Å². The van der Waals surface area contributed by atoms with Crippen molar-refractivity contribution < 1.29 is 38.1 Å². The summed E-state index contributed by atoms with van der Waals surface area (Å²) in [6.45, 7) is 15.7. The first-order valence-electron chi connectivity index (χ1n) is 26.0. The van der Waals surface area contributed by atoms with Crippen LogP contribution in [0.25, 0.3) is 0 Å². The topological polar surface area (TPSA) is 101 Å². The first kappa shape index (κ1) is 57.8. The maximum atomic E-state index is 13.3. The van der Waals surface area contributed by atoms with Crippen molar-refractivity contribution in [3.05, 3.63) is 24.3 Å². The van der Waals surface area contributed by atoms with Gasteiger partial charge in [0.2, 0.25) is 0 Å². The molecule has 0 aromatic heterocycles. The highest BCUT2D eigenvalue weighted by atomic mass is 16.7. The average molecular weight is 876 g/mol. The van der Waals surface area contributed by atoms with E-state index in [-0.39, 0.29) is 42.6 Å². The Morgan fingerprint density at radius 1 is 0.597 bits per heavy atom. The van der Waals surface area contributed by atoms with Crippen LogP contribution < -0.4 is 0 Å². The highest BCUT2D eigenvalue weighted by Crippen LogP contribution is 2.30.